The van der Waals surface area contributed by atoms with Crippen LogP contribution in [-0.4, -0.2) is 0 Å². The lowest BCUT2D eigenvalue weighted by molar-refractivity contribution is 0.559. The van der Waals surface area contributed by atoms with Crippen LogP contribution in [0.2, 0.25) is 0 Å². The fraction of sp³-hybridized carbons (Fsp3) is 0.636. The summed E-state index contributed by atoms with van der Waals surface area (Å²) in [6.45, 7) is 5.89. The zero-order valence-electron chi connectivity index (χ0n) is 7.47. The normalized spacial score (nSPS) is 12.0. The van der Waals surface area contributed by atoms with Crippen LogP contribution in [0.15, 0.2) is 12.7 Å². The molecule has 0 bridgehead atoms. The number of terminal acetylenes is 1. The molecule has 0 unspecified atom stereocenters. The third kappa shape index (κ3) is 5.73. The van der Waals surface area contributed by atoms with Crippen molar-refractivity contribution in [1.82, 2.24) is 0 Å². The highest BCUT2D eigenvalue weighted by Crippen LogP contribution is 2.12. The Bertz CT molecular complexity index is 127. The summed E-state index contributed by atoms with van der Waals surface area (Å²) in [7, 11) is 0. The van der Waals surface area contributed by atoms with E-state index in [-0.39, 0.29) is 0 Å². The molecule has 0 aliphatic heterocycles. The van der Waals surface area contributed by atoms with E-state index in [1.165, 1.54) is 19.3 Å². The van der Waals surface area contributed by atoms with Gasteiger partial charge in [0.15, 0.2) is 0 Å². The lowest BCUT2D eigenvalue weighted by Gasteiger charge is -2.05. The van der Waals surface area contributed by atoms with E-state index < -0.39 is 0 Å². The summed E-state index contributed by atoms with van der Waals surface area (Å²) < 4.78 is 0. The minimum atomic E-state index is 0.430. The quantitative estimate of drug-likeness (QED) is 0.309. The van der Waals surface area contributed by atoms with Gasteiger partial charge in [-0.3, -0.25) is 0 Å². The van der Waals surface area contributed by atoms with Gasteiger partial charge in [0.25, 0.3) is 0 Å². The van der Waals surface area contributed by atoms with Crippen molar-refractivity contribution in [3.8, 4) is 12.3 Å². The molecule has 0 rings (SSSR count). The molecular weight excluding hydrogens is 132 g/mol. The smallest absolute Gasteiger partial charge is 0.0234 e. The Labute approximate surface area is 70.7 Å². The average Bonchev–Trinajstić information content (AvgIpc) is 2.03. The van der Waals surface area contributed by atoms with Crippen LogP contribution in [0.4, 0.5) is 0 Å². The molecule has 0 fully saturated rings. The molecule has 0 nitrogen and oxygen atoms in total. The monoisotopic (exact) mass is 150 g/mol. The zero-order chi connectivity index (χ0) is 8.53. The van der Waals surface area contributed by atoms with E-state index in [0.29, 0.717) is 5.92 Å². The zero-order valence-corrected chi connectivity index (χ0v) is 7.47. The third-order valence-electron chi connectivity index (χ3n) is 1.84. The van der Waals surface area contributed by atoms with Crippen molar-refractivity contribution in [2.24, 2.45) is 5.92 Å². The molecule has 0 amide bonds. The van der Waals surface area contributed by atoms with Crippen LogP contribution < -0.4 is 0 Å². The van der Waals surface area contributed by atoms with Crippen molar-refractivity contribution in [3.63, 3.8) is 0 Å². The Kier molecular flexibility index (Phi) is 6.94. The Morgan fingerprint density at radius 2 is 2.27 bits per heavy atom. The first kappa shape index (κ1) is 10.3. The first-order valence-electron chi connectivity index (χ1n) is 4.42. The minimum absolute atomic E-state index is 0.430. The molecule has 0 aromatic rings. The van der Waals surface area contributed by atoms with Gasteiger partial charge in [0, 0.05) is 5.92 Å². The van der Waals surface area contributed by atoms with Crippen LogP contribution in [0, 0.1) is 18.3 Å². The summed E-state index contributed by atoms with van der Waals surface area (Å²) in [5.41, 5.74) is 0. The van der Waals surface area contributed by atoms with Gasteiger partial charge >= 0.3 is 0 Å². The van der Waals surface area contributed by atoms with Gasteiger partial charge in [-0.2, -0.15) is 0 Å². The highest BCUT2D eigenvalue weighted by molar-refractivity contribution is 4.95. The molecule has 0 aromatic heterocycles. The lowest BCUT2D eigenvalue weighted by Crippen LogP contribution is -1.94. The molecule has 62 valence electrons. The van der Waals surface area contributed by atoms with E-state index in [1.807, 2.05) is 6.08 Å². The van der Waals surface area contributed by atoms with Gasteiger partial charge < -0.3 is 0 Å². The molecule has 0 heterocycles. The molecule has 0 saturated carbocycles. The maximum absolute atomic E-state index is 5.34. The Hall–Kier alpha value is -0.700. The van der Waals surface area contributed by atoms with E-state index in [2.05, 4.69) is 19.4 Å². The first-order valence-corrected chi connectivity index (χ1v) is 4.42. The fourth-order valence-electron chi connectivity index (χ4n) is 1.11. The van der Waals surface area contributed by atoms with Crippen molar-refractivity contribution in [2.45, 2.75) is 39.0 Å². The van der Waals surface area contributed by atoms with Crippen LogP contribution in [0.3, 0.4) is 0 Å². The maximum atomic E-state index is 5.34. The van der Waals surface area contributed by atoms with Crippen molar-refractivity contribution >= 4 is 0 Å². The molecule has 11 heavy (non-hydrogen) atoms. The molecule has 0 N–H and O–H groups in total. The molecule has 0 aromatic carbocycles. The second-order valence-corrected chi connectivity index (χ2v) is 2.88. The molecule has 0 spiro atoms. The van der Waals surface area contributed by atoms with Gasteiger partial charge in [0.05, 0.1) is 0 Å². The van der Waals surface area contributed by atoms with Crippen LogP contribution in [-0.2, 0) is 0 Å². The second-order valence-electron chi connectivity index (χ2n) is 2.88. The summed E-state index contributed by atoms with van der Waals surface area (Å²) in [4.78, 5) is 0. The van der Waals surface area contributed by atoms with Crippen LogP contribution in [0.1, 0.15) is 39.0 Å². The number of allylic oxidation sites excluding steroid dienone is 1. The van der Waals surface area contributed by atoms with E-state index >= 15 is 0 Å². The summed E-state index contributed by atoms with van der Waals surface area (Å²) in [6, 6.07) is 0. The topological polar surface area (TPSA) is 0 Å². The molecular formula is C11H18. The summed E-state index contributed by atoms with van der Waals surface area (Å²) in [5.74, 6) is 3.22. The van der Waals surface area contributed by atoms with Gasteiger partial charge in [-0.15, -0.1) is 18.9 Å². The lowest BCUT2D eigenvalue weighted by atomic mass is 9.99. The van der Waals surface area contributed by atoms with Crippen molar-refractivity contribution in [3.05, 3.63) is 12.7 Å². The van der Waals surface area contributed by atoms with E-state index in [4.69, 9.17) is 6.42 Å². The van der Waals surface area contributed by atoms with Crippen molar-refractivity contribution < 1.29 is 0 Å². The predicted molar refractivity (Wildman–Crippen MR) is 51.3 cm³/mol. The number of hydrogen-bond acceptors (Lipinski definition) is 0. The third-order valence-corrected chi connectivity index (χ3v) is 1.84. The number of hydrogen-bond donors (Lipinski definition) is 0. The van der Waals surface area contributed by atoms with Crippen LogP contribution in [0.25, 0.3) is 0 Å². The van der Waals surface area contributed by atoms with Gasteiger partial charge in [0.1, 0.15) is 0 Å². The molecule has 0 radical (unpaired) electrons. The van der Waals surface area contributed by atoms with Crippen LogP contribution >= 0.6 is 0 Å². The Morgan fingerprint density at radius 3 is 2.73 bits per heavy atom. The van der Waals surface area contributed by atoms with Gasteiger partial charge in [-0.25, -0.2) is 0 Å². The Morgan fingerprint density at radius 1 is 1.55 bits per heavy atom. The summed E-state index contributed by atoms with van der Waals surface area (Å²) in [5, 5.41) is 0. The van der Waals surface area contributed by atoms with E-state index in [1.54, 1.807) is 0 Å². The van der Waals surface area contributed by atoms with Crippen LogP contribution in [0.5, 0.6) is 0 Å². The predicted octanol–water partition coefficient (Wildman–Crippen LogP) is 3.39. The van der Waals surface area contributed by atoms with E-state index in [0.717, 1.165) is 12.8 Å². The van der Waals surface area contributed by atoms with Gasteiger partial charge in [-0.1, -0.05) is 32.3 Å². The first-order chi connectivity index (χ1) is 5.35. The largest absolute Gasteiger partial charge is 0.120 e. The second kappa shape index (κ2) is 7.41. The highest BCUT2D eigenvalue weighted by Gasteiger charge is 2.00. The molecule has 0 aliphatic rings. The molecule has 0 heteroatoms. The van der Waals surface area contributed by atoms with Crippen molar-refractivity contribution in [1.29, 1.82) is 0 Å². The molecule has 0 aliphatic carbocycles. The summed E-state index contributed by atoms with van der Waals surface area (Å²) in [6.07, 6.45) is 13.2. The average molecular weight is 150 g/mol. The minimum Gasteiger partial charge on any atom is -0.120 e. The molecule has 0 saturated heterocycles. The number of rotatable bonds is 6. The SMILES string of the molecule is C#C[C@H](CC=C)CCCCC. The maximum Gasteiger partial charge on any atom is 0.0234 e. The highest BCUT2D eigenvalue weighted by atomic mass is 14.0. The molecule has 1 atom stereocenters. The standard InChI is InChI=1S/C11H18/c1-4-7-8-10-11(6-3)9-5-2/h3,5,11H,2,4,7-10H2,1H3/t11-/m1/s1. The van der Waals surface area contributed by atoms with Gasteiger partial charge in [-0.05, 0) is 12.8 Å². The summed E-state index contributed by atoms with van der Waals surface area (Å²) >= 11 is 0. The fourth-order valence-corrected chi connectivity index (χ4v) is 1.11. The van der Waals surface area contributed by atoms with E-state index in [9.17, 15) is 0 Å². The van der Waals surface area contributed by atoms with Crippen molar-refractivity contribution in [2.75, 3.05) is 0 Å². The van der Waals surface area contributed by atoms with Gasteiger partial charge in [0.2, 0.25) is 0 Å². The Balaban J connectivity index is 3.37. The number of unbranched alkanes of at least 4 members (excludes halogenated alkanes) is 2.